The molecular formula is C21H21ClN4. The number of amidine groups is 1. The maximum absolute atomic E-state index is 4.80. The monoisotopic (exact) mass is 364 g/mol. The molecule has 1 aliphatic rings. The summed E-state index contributed by atoms with van der Waals surface area (Å²) >= 11 is 0. The van der Waals surface area contributed by atoms with E-state index < -0.39 is 0 Å². The van der Waals surface area contributed by atoms with Crippen molar-refractivity contribution in [2.45, 2.75) is 13.8 Å². The van der Waals surface area contributed by atoms with E-state index in [0.717, 1.165) is 22.8 Å². The molecule has 26 heavy (non-hydrogen) atoms. The van der Waals surface area contributed by atoms with Gasteiger partial charge in [0.05, 0.1) is 11.4 Å². The molecular weight excluding hydrogens is 344 g/mol. The smallest absolute Gasteiger partial charge is 0.176 e. The summed E-state index contributed by atoms with van der Waals surface area (Å²) in [6.45, 7) is 4.17. The highest BCUT2D eigenvalue weighted by Gasteiger charge is 2.26. The molecule has 0 saturated heterocycles. The van der Waals surface area contributed by atoms with E-state index >= 15 is 0 Å². The van der Waals surface area contributed by atoms with Gasteiger partial charge in [-0.15, -0.1) is 17.5 Å². The summed E-state index contributed by atoms with van der Waals surface area (Å²) in [4.78, 5) is 0. The first kappa shape index (κ1) is 17.8. The van der Waals surface area contributed by atoms with Crippen LogP contribution in [0.15, 0.2) is 84.0 Å². The van der Waals surface area contributed by atoms with Crippen LogP contribution < -0.4 is 15.7 Å². The third-order valence-corrected chi connectivity index (χ3v) is 4.19. The van der Waals surface area contributed by atoms with Crippen LogP contribution in [0.25, 0.3) is 0 Å². The third kappa shape index (κ3) is 3.51. The number of halogens is 1. The quantitative estimate of drug-likeness (QED) is 0.721. The largest absolute Gasteiger partial charge is 0.259 e. The van der Waals surface area contributed by atoms with Gasteiger partial charge in [0.2, 0.25) is 0 Å². The highest BCUT2D eigenvalue weighted by atomic mass is 35.5. The predicted molar refractivity (Wildman–Crippen MR) is 111 cm³/mol. The van der Waals surface area contributed by atoms with Crippen LogP contribution >= 0.6 is 12.4 Å². The molecule has 3 aromatic carbocycles. The number of para-hydroxylation sites is 1. The van der Waals surface area contributed by atoms with Crippen LogP contribution in [0.4, 0.5) is 11.4 Å². The fourth-order valence-corrected chi connectivity index (χ4v) is 2.74. The van der Waals surface area contributed by atoms with E-state index in [-0.39, 0.29) is 12.4 Å². The minimum absolute atomic E-state index is 0. The van der Waals surface area contributed by atoms with Crippen molar-refractivity contribution >= 4 is 29.6 Å². The zero-order chi connectivity index (χ0) is 17.2. The second-order valence-electron chi connectivity index (χ2n) is 6.20. The summed E-state index contributed by atoms with van der Waals surface area (Å²) in [6, 6.07) is 26.9. The van der Waals surface area contributed by atoms with Gasteiger partial charge in [0.25, 0.3) is 0 Å². The van der Waals surface area contributed by atoms with Gasteiger partial charge in [0, 0.05) is 5.56 Å². The van der Waals surface area contributed by atoms with Crippen molar-refractivity contribution < 1.29 is 0 Å². The van der Waals surface area contributed by atoms with Crippen molar-refractivity contribution in [2.75, 3.05) is 10.2 Å². The first-order valence-corrected chi connectivity index (χ1v) is 8.35. The molecule has 0 aliphatic carbocycles. The van der Waals surface area contributed by atoms with Gasteiger partial charge in [0.1, 0.15) is 0 Å². The number of aryl methyl sites for hydroxylation is 2. The summed E-state index contributed by atoms with van der Waals surface area (Å²) in [5, 5.41) is 8.65. The molecule has 4 rings (SSSR count). The number of benzene rings is 3. The Labute approximate surface area is 160 Å². The van der Waals surface area contributed by atoms with E-state index in [0.29, 0.717) is 0 Å². The van der Waals surface area contributed by atoms with Gasteiger partial charge in [0.15, 0.2) is 5.84 Å². The molecule has 1 aliphatic heterocycles. The van der Waals surface area contributed by atoms with Gasteiger partial charge >= 0.3 is 0 Å². The summed E-state index contributed by atoms with van der Waals surface area (Å²) in [5.74, 6) is 0.824. The van der Waals surface area contributed by atoms with Crippen LogP contribution in [0, 0.1) is 13.8 Å². The van der Waals surface area contributed by atoms with Crippen molar-refractivity contribution in [2.24, 2.45) is 5.10 Å². The van der Waals surface area contributed by atoms with Crippen LogP contribution in [0.2, 0.25) is 0 Å². The van der Waals surface area contributed by atoms with Crippen molar-refractivity contribution in [1.82, 2.24) is 5.43 Å². The molecule has 0 aromatic heterocycles. The Bertz CT molecular complexity index is 890. The van der Waals surface area contributed by atoms with Crippen LogP contribution in [0.3, 0.4) is 0 Å². The van der Waals surface area contributed by atoms with Gasteiger partial charge in [-0.25, -0.2) is 0 Å². The molecule has 0 atom stereocenters. The van der Waals surface area contributed by atoms with Gasteiger partial charge in [-0.2, -0.15) is 10.2 Å². The van der Waals surface area contributed by atoms with Crippen LogP contribution in [0.1, 0.15) is 16.7 Å². The minimum atomic E-state index is 0. The zero-order valence-electron chi connectivity index (χ0n) is 14.8. The summed E-state index contributed by atoms with van der Waals surface area (Å²) in [7, 11) is 0. The molecule has 0 amide bonds. The van der Waals surface area contributed by atoms with Crippen molar-refractivity contribution in [1.29, 1.82) is 0 Å². The lowest BCUT2D eigenvalue weighted by Crippen LogP contribution is -2.44. The molecule has 3 aromatic rings. The topological polar surface area (TPSA) is 30.9 Å². The number of hydrazine groups is 2. The number of hydrazone groups is 1. The summed E-state index contributed by atoms with van der Waals surface area (Å²) in [6.07, 6.45) is 0. The Morgan fingerprint density at radius 2 is 1.27 bits per heavy atom. The second-order valence-corrected chi connectivity index (χ2v) is 6.20. The lowest BCUT2D eigenvalue weighted by Gasteiger charge is -2.28. The van der Waals surface area contributed by atoms with Crippen molar-refractivity contribution in [3.05, 3.63) is 95.6 Å². The third-order valence-electron chi connectivity index (χ3n) is 4.19. The van der Waals surface area contributed by atoms with Gasteiger partial charge in [-0.05, 0) is 38.1 Å². The first-order chi connectivity index (χ1) is 12.2. The molecule has 5 heteroatoms. The van der Waals surface area contributed by atoms with Gasteiger partial charge in [-0.3, -0.25) is 5.43 Å². The number of nitrogens with zero attached hydrogens (tertiary/aromatic N) is 3. The first-order valence-electron chi connectivity index (χ1n) is 8.35. The molecule has 0 unspecified atom stereocenters. The Balaban J connectivity index is 0.00000196. The van der Waals surface area contributed by atoms with E-state index in [4.69, 9.17) is 5.10 Å². The Morgan fingerprint density at radius 1 is 0.692 bits per heavy atom. The normalized spacial score (nSPS) is 13.1. The highest BCUT2D eigenvalue weighted by Crippen LogP contribution is 2.25. The lowest BCUT2D eigenvalue weighted by atomic mass is 10.1. The molecule has 0 saturated carbocycles. The maximum Gasteiger partial charge on any atom is 0.176 e. The van der Waals surface area contributed by atoms with Gasteiger partial charge in [-0.1, -0.05) is 65.7 Å². The van der Waals surface area contributed by atoms with E-state index in [1.807, 2.05) is 40.6 Å². The molecule has 132 valence electrons. The summed E-state index contributed by atoms with van der Waals surface area (Å²) in [5.41, 5.74) is 8.97. The van der Waals surface area contributed by atoms with E-state index in [9.17, 15) is 0 Å². The molecule has 1 heterocycles. The zero-order valence-corrected chi connectivity index (χ0v) is 15.6. The number of anilines is 2. The fourth-order valence-electron chi connectivity index (χ4n) is 2.74. The fraction of sp³-hybridized carbons (Fsp3) is 0.0952. The number of hydrogen-bond acceptors (Lipinski definition) is 4. The minimum Gasteiger partial charge on any atom is -0.259 e. The molecule has 0 spiro atoms. The van der Waals surface area contributed by atoms with Gasteiger partial charge < -0.3 is 0 Å². The van der Waals surface area contributed by atoms with Crippen LogP contribution in [0.5, 0.6) is 0 Å². The molecule has 0 radical (unpaired) electrons. The second kappa shape index (κ2) is 7.50. The molecule has 1 N–H and O–H groups in total. The predicted octanol–water partition coefficient (Wildman–Crippen LogP) is 4.83. The average molecular weight is 365 g/mol. The highest BCUT2D eigenvalue weighted by molar-refractivity contribution is 6.02. The van der Waals surface area contributed by atoms with Crippen LogP contribution in [-0.4, -0.2) is 5.84 Å². The Kier molecular flexibility index (Phi) is 5.14. The standard InChI is InChI=1S/C21H20N4.ClH/c1-16-8-12-18(13-9-16)21-22-24(19-6-4-3-5-7-19)25(23-21)20-14-10-17(2)11-15-20;/h3-15H,1-2H3,(H,22,23);1H. The van der Waals surface area contributed by atoms with Crippen molar-refractivity contribution in [3.63, 3.8) is 0 Å². The van der Waals surface area contributed by atoms with E-state index in [1.165, 1.54) is 11.1 Å². The molecule has 4 nitrogen and oxygen atoms in total. The van der Waals surface area contributed by atoms with Crippen molar-refractivity contribution in [3.8, 4) is 0 Å². The number of rotatable bonds is 3. The number of nitrogens with one attached hydrogen (secondary N) is 1. The maximum atomic E-state index is 4.80. The lowest BCUT2D eigenvalue weighted by molar-refractivity contribution is 0.770. The number of hydrogen-bond donors (Lipinski definition) is 1. The average Bonchev–Trinajstić information content (AvgIpc) is 3.09. The molecule has 0 bridgehead atoms. The van der Waals surface area contributed by atoms with E-state index in [2.05, 4.69) is 67.8 Å². The van der Waals surface area contributed by atoms with E-state index in [1.54, 1.807) is 0 Å². The summed E-state index contributed by atoms with van der Waals surface area (Å²) < 4.78 is 0. The Hall–Kier alpha value is -2.98. The Morgan fingerprint density at radius 3 is 1.88 bits per heavy atom. The van der Waals surface area contributed by atoms with Crippen LogP contribution in [-0.2, 0) is 0 Å². The molecule has 0 fully saturated rings. The SMILES string of the molecule is Cc1ccc(C2=NN(c3ccccc3)N(c3ccc(C)cc3)N2)cc1.Cl.